The van der Waals surface area contributed by atoms with Crippen LogP contribution in [0.15, 0.2) is 72.8 Å². The molecule has 0 atom stereocenters. The van der Waals surface area contributed by atoms with Crippen molar-refractivity contribution in [2.75, 3.05) is 0 Å². The van der Waals surface area contributed by atoms with Gasteiger partial charge in [0.25, 0.3) is 11.6 Å². The fraction of sp³-hybridized carbons (Fsp3) is 0.111. The number of phenolic OH excluding ortho intramolecular Hbond substituents is 1. The van der Waals surface area contributed by atoms with Gasteiger partial charge in [-0.15, -0.1) is 4.98 Å². The first-order valence-electron chi connectivity index (χ1n) is 11.4. The second-order valence-electron chi connectivity index (χ2n) is 8.05. The maximum absolute atomic E-state index is 9.62. The molecule has 0 saturated heterocycles. The molecular weight excluding hydrogens is 533 g/mol. The molecule has 2 aliphatic rings. The highest BCUT2D eigenvalue weighted by atomic mass is 35.5. The molecule has 2 aromatic carbocycles. The van der Waals surface area contributed by atoms with Crippen LogP contribution >= 0.6 is 11.6 Å². The number of phenols is 1. The van der Waals surface area contributed by atoms with E-state index in [1.54, 1.807) is 60.7 Å². The molecule has 40 heavy (non-hydrogen) atoms. The predicted octanol–water partition coefficient (Wildman–Crippen LogP) is 4.17. The average molecular weight is 557 g/mol. The summed E-state index contributed by atoms with van der Waals surface area (Å²) in [5.74, 6) is 1.68. The van der Waals surface area contributed by atoms with Gasteiger partial charge in [-0.3, -0.25) is 0 Å². The molecule has 10 nitrogen and oxygen atoms in total. The highest BCUT2D eigenvalue weighted by Gasteiger charge is 2.28. The molecule has 200 valence electrons. The number of nitrogens with zero attached hydrogens (tertiary/aromatic N) is 4. The molecule has 2 aliphatic heterocycles. The van der Waals surface area contributed by atoms with E-state index in [4.69, 9.17) is 43.9 Å². The van der Waals surface area contributed by atoms with Crippen molar-refractivity contribution in [2.24, 2.45) is 0 Å². The average Bonchev–Trinajstić information content (AvgIpc) is 3.51. The van der Waals surface area contributed by atoms with Crippen LogP contribution in [-0.4, -0.2) is 39.4 Å². The minimum atomic E-state index is -0.902. The Kier molecular flexibility index (Phi) is 10.6. The zero-order valence-corrected chi connectivity index (χ0v) is 21.0. The molecule has 0 fully saturated rings. The van der Waals surface area contributed by atoms with E-state index in [2.05, 4.69) is 19.7 Å². The van der Waals surface area contributed by atoms with E-state index in [1.165, 1.54) is 6.07 Å². The standard InChI is InChI=1S/C13H9BN2O3.C7H7BO3.C6H3ClN2.CH4/c1-15-12-3-2-4-13(16-12)19-10-6-5-9-8-18-14(17)11(9)7-10;9-6-2-1-5-4-11-8(10)7(5)3-6;1-8-6-4-2-3-5(7)9-6;/h2-7,17H,8H2;1-3,9-10H,4H2;2-4H;1H4. The summed E-state index contributed by atoms with van der Waals surface area (Å²) in [5.41, 5.74) is 3.27. The Hall–Kier alpha value is -4.42. The van der Waals surface area contributed by atoms with Crippen molar-refractivity contribution in [2.45, 2.75) is 20.6 Å². The van der Waals surface area contributed by atoms with Crippen molar-refractivity contribution in [1.29, 1.82) is 0 Å². The van der Waals surface area contributed by atoms with E-state index in [0.717, 1.165) is 11.1 Å². The van der Waals surface area contributed by atoms with Crippen molar-refractivity contribution in [3.05, 3.63) is 112 Å². The number of fused-ring (bicyclic) bond motifs is 2. The van der Waals surface area contributed by atoms with Crippen LogP contribution < -0.4 is 15.7 Å². The molecule has 0 radical (unpaired) electrons. The molecule has 13 heteroatoms. The van der Waals surface area contributed by atoms with E-state index in [1.807, 2.05) is 6.07 Å². The first-order chi connectivity index (χ1) is 18.9. The molecular formula is C27H23B2ClN4O6. The molecule has 4 heterocycles. The first kappa shape index (κ1) is 30.1. The van der Waals surface area contributed by atoms with Crippen LogP contribution in [0.3, 0.4) is 0 Å². The third-order valence-corrected chi connectivity index (χ3v) is 5.64. The predicted molar refractivity (Wildman–Crippen MR) is 152 cm³/mol. The smallest absolute Gasteiger partial charge is 0.491 e. The van der Waals surface area contributed by atoms with Gasteiger partial charge in [-0.25, -0.2) is 0 Å². The van der Waals surface area contributed by atoms with Gasteiger partial charge in [-0.05, 0) is 76.1 Å². The minimum absolute atomic E-state index is 0. The fourth-order valence-corrected chi connectivity index (χ4v) is 3.72. The summed E-state index contributed by atoms with van der Waals surface area (Å²) in [7, 11) is -1.77. The Balaban J connectivity index is 0.000000179. The van der Waals surface area contributed by atoms with E-state index in [0.29, 0.717) is 46.7 Å². The molecule has 4 aromatic rings. The lowest BCUT2D eigenvalue weighted by Crippen LogP contribution is -2.27. The van der Waals surface area contributed by atoms with E-state index < -0.39 is 14.2 Å². The van der Waals surface area contributed by atoms with E-state index in [-0.39, 0.29) is 19.0 Å². The number of halogens is 1. The molecule has 0 spiro atoms. The summed E-state index contributed by atoms with van der Waals surface area (Å²) in [6.45, 7) is 14.3. The second kappa shape index (κ2) is 14.1. The van der Waals surface area contributed by atoms with E-state index in [9.17, 15) is 10.0 Å². The van der Waals surface area contributed by atoms with Crippen molar-refractivity contribution in [3.8, 4) is 17.4 Å². The van der Waals surface area contributed by atoms with Gasteiger partial charge in [0, 0.05) is 6.07 Å². The maximum atomic E-state index is 9.62. The van der Waals surface area contributed by atoms with Crippen LogP contribution in [0.25, 0.3) is 9.69 Å². The highest BCUT2D eigenvalue weighted by molar-refractivity contribution is 6.62. The van der Waals surface area contributed by atoms with Gasteiger partial charge >= 0.3 is 20.1 Å². The van der Waals surface area contributed by atoms with Gasteiger partial charge < -0.3 is 38.9 Å². The molecule has 6 rings (SSSR count). The topological polar surface area (TPSA) is 123 Å². The monoisotopic (exact) mass is 556 g/mol. The number of aromatic hydroxyl groups is 1. The fourth-order valence-electron chi connectivity index (χ4n) is 3.56. The van der Waals surface area contributed by atoms with Gasteiger partial charge in [0.15, 0.2) is 0 Å². The van der Waals surface area contributed by atoms with Gasteiger partial charge in [0.2, 0.25) is 5.15 Å². The van der Waals surface area contributed by atoms with Crippen LogP contribution in [0.2, 0.25) is 5.15 Å². The summed E-state index contributed by atoms with van der Waals surface area (Å²) in [4.78, 5) is 14.1. The zero-order valence-electron chi connectivity index (χ0n) is 20.2. The molecule has 0 bridgehead atoms. The van der Waals surface area contributed by atoms with Crippen molar-refractivity contribution in [3.63, 3.8) is 0 Å². The van der Waals surface area contributed by atoms with Crippen molar-refractivity contribution < 1.29 is 29.2 Å². The Morgan fingerprint density at radius 1 is 0.800 bits per heavy atom. The first-order valence-corrected chi connectivity index (χ1v) is 11.8. The van der Waals surface area contributed by atoms with Gasteiger partial charge in [0.1, 0.15) is 11.5 Å². The Bertz CT molecular complexity index is 1560. The Labute approximate surface area is 237 Å². The van der Waals surface area contributed by atoms with Gasteiger partial charge in [-0.1, -0.05) is 49.8 Å². The number of benzene rings is 2. The van der Waals surface area contributed by atoms with Gasteiger partial charge in [0.05, 0.1) is 13.2 Å². The number of hydrogen-bond acceptors (Lipinski definition) is 8. The van der Waals surface area contributed by atoms with Crippen LogP contribution in [0.4, 0.5) is 11.6 Å². The third-order valence-electron chi connectivity index (χ3n) is 5.43. The van der Waals surface area contributed by atoms with Crippen LogP contribution in [0, 0.1) is 13.1 Å². The number of aromatic nitrogens is 2. The van der Waals surface area contributed by atoms with Crippen molar-refractivity contribution in [1.82, 2.24) is 9.97 Å². The molecule has 2 aromatic heterocycles. The highest BCUT2D eigenvalue weighted by Crippen LogP contribution is 2.23. The Morgan fingerprint density at radius 3 is 1.98 bits per heavy atom. The number of pyridine rings is 2. The van der Waals surface area contributed by atoms with Crippen LogP contribution in [0.5, 0.6) is 17.4 Å². The summed E-state index contributed by atoms with van der Waals surface area (Å²) in [5, 5.41) is 28.2. The summed E-state index contributed by atoms with van der Waals surface area (Å²) in [6, 6.07) is 20.1. The summed E-state index contributed by atoms with van der Waals surface area (Å²) >= 11 is 5.47. The van der Waals surface area contributed by atoms with Crippen LogP contribution in [0.1, 0.15) is 18.6 Å². The Morgan fingerprint density at radius 2 is 1.38 bits per heavy atom. The molecule has 0 amide bonds. The molecule has 0 saturated carbocycles. The molecule has 3 N–H and O–H groups in total. The lowest BCUT2D eigenvalue weighted by Gasteiger charge is -2.04. The van der Waals surface area contributed by atoms with Gasteiger partial charge in [-0.2, -0.15) is 0 Å². The second-order valence-corrected chi connectivity index (χ2v) is 8.44. The summed E-state index contributed by atoms with van der Waals surface area (Å²) in [6.07, 6.45) is 0. The van der Waals surface area contributed by atoms with Crippen molar-refractivity contribution >= 4 is 48.4 Å². The SMILES string of the molecule is C.OB1OCc2ccc(O)cc21.[C-]#[N+]c1cccc(Cl)n1.[C-]#[N+]c1cccc(Oc2ccc3c(c2)B(O)OC3)n1. The normalized spacial score (nSPS) is 12.2. The lowest BCUT2D eigenvalue weighted by molar-refractivity contribution is 0.275. The number of hydrogen-bond donors (Lipinski definition) is 3. The maximum Gasteiger partial charge on any atom is 0.491 e. The molecule has 0 unspecified atom stereocenters. The zero-order chi connectivity index (χ0) is 27.8. The summed E-state index contributed by atoms with van der Waals surface area (Å²) < 4.78 is 15.6. The quantitative estimate of drug-likeness (QED) is 0.191. The third kappa shape index (κ3) is 7.80. The largest absolute Gasteiger partial charge is 0.508 e. The number of ether oxygens (including phenoxy) is 1. The molecule has 0 aliphatic carbocycles. The minimum Gasteiger partial charge on any atom is -0.508 e. The van der Waals surface area contributed by atoms with Crippen LogP contribution in [-0.2, 0) is 22.5 Å². The van der Waals surface area contributed by atoms with E-state index >= 15 is 0 Å². The lowest BCUT2D eigenvalue weighted by atomic mass is 9.79. The number of rotatable bonds is 2.